The lowest BCUT2D eigenvalue weighted by Gasteiger charge is -2.39. The molecule has 2 rings (SSSR count). The Hall–Kier alpha value is -2.44. The molecular formula is C15H20N4O3. The molecule has 0 unspecified atom stereocenters. The van der Waals surface area contributed by atoms with Crippen LogP contribution in [0.5, 0.6) is 5.88 Å². The van der Waals surface area contributed by atoms with E-state index in [1.165, 1.54) is 18.5 Å². The molecule has 0 aliphatic carbocycles. The van der Waals surface area contributed by atoms with Crippen LogP contribution in [0, 0.1) is 0 Å². The van der Waals surface area contributed by atoms with Gasteiger partial charge < -0.3 is 14.5 Å². The largest absolute Gasteiger partial charge is 0.477 e. The maximum absolute atomic E-state index is 12.4. The summed E-state index contributed by atoms with van der Waals surface area (Å²) in [5, 5.41) is 0. The van der Waals surface area contributed by atoms with Gasteiger partial charge in [0.15, 0.2) is 0 Å². The number of amides is 2. The lowest BCUT2D eigenvalue weighted by molar-refractivity contribution is -0.129. The first-order valence-corrected chi connectivity index (χ1v) is 7.24. The fourth-order valence-electron chi connectivity index (χ4n) is 2.40. The van der Waals surface area contributed by atoms with E-state index in [1.54, 1.807) is 9.80 Å². The molecule has 1 aliphatic heterocycles. The average Bonchev–Trinajstić information content (AvgIpc) is 2.54. The van der Waals surface area contributed by atoms with Crippen LogP contribution in [-0.4, -0.2) is 63.9 Å². The molecule has 22 heavy (non-hydrogen) atoms. The maximum atomic E-state index is 12.4. The molecule has 7 heteroatoms. The van der Waals surface area contributed by atoms with E-state index in [0.29, 0.717) is 32.1 Å². The second kappa shape index (κ2) is 7.02. The van der Waals surface area contributed by atoms with Crippen LogP contribution in [0.2, 0.25) is 0 Å². The van der Waals surface area contributed by atoms with Gasteiger partial charge in [0.1, 0.15) is 5.69 Å². The third-order valence-corrected chi connectivity index (χ3v) is 3.51. The molecule has 1 aromatic heterocycles. The smallest absolute Gasteiger partial charge is 0.274 e. The van der Waals surface area contributed by atoms with Crippen molar-refractivity contribution < 1.29 is 14.3 Å². The van der Waals surface area contributed by atoms with Gasteiger partial charge in [-0.25, -0.2) is 9.97 Å². The lowest BCUT2D eigenvalue weighted by atomic mass is 10.1. The zero-order chi connectivity index (χ0) is 16.1. The van der Waals surface area contributed by atoms with Crippen molar-refractivity contribution in [3.63, 3.8) is 0 Å². The highest BCUT2D eigenvalue weighted by atomic mass is 16.5. The first kappa shape index (κ1) is 15.9. The standard InChI is InChI=1S/C15H20N4O3/c1-4-14(20)19-7-6-18(10-11(19)3)15(21)12-8-17-13(9-16-12)22-5-2/h4,8-9,11H,1,5-7,10H2,2-3H3/t11-/m1/s1. The Bertz CT molecular complexity index is 558. The van der Waals surface area contributed by atoms with Gasteiger partial charge in [0.2, 0.25) is 11.8 Å². The Morgan fingerprint density at radius 3 is 2.73 bits per heavy atom. The van der Waals surface area contributed by atoms with Crippen molar-refractivity contribution in [2.45, 2.75) is 19.9 Å². The summed E-state index contributed by atoms with van der Waals surface area (Å²) in [5.74, 6) is 0.0994. The number of hydrogen-bond acceptors (Lipinski definition) is 5. The fourth-order valence-corrected chi connectivity index (χ4v) is 2.40. The van der Waals surface area contributed by atoms with Gasteiger partial charge in [-0.05, 0) is 19.9 Å². The van der Waals surface area contributed by atoms with Crippen molar-refractivity contribution in [3.8, 4) is 5.88 Å². The van der Waals surface area contributed by atoms with Gasteiger partial charge in [0.05, 0.1) is 19.0 Å². The number of ether oxygens (including phenoxy) is 1. The molecule has 1 fully saturated rings. The predicted octanol–water partition coefficient (Wildman–Crippen LogP) is 0.734. The van der Waals surface area contributed by atoms with Crippen LogP contribution in [0.4, 0.5) is 0 Å². The van der Waals surface area contributed by atoms with E-state index in [9.17, 15) is 9.59 Å². The Morgan fingerprint density at radius 1 is 1.41 bits per heavy atom. The molecule has 1 aliphatic rings. The van der Waals surface area contributed by atoms with Gasteiger partial charge >= 0.3 is 0 Å². The first-order valence-electron chi connectivity index (χ1n) is 7.24. The van der Waals surface area contributed by atoms with Crippen molar-refractivity contribution in [3.05, 3.63) is 30.7 Å². The zero-order valence-corrected chi connectivity index (χ0v) is 12.9. The first-order chi connectivity index (χ1) is 10.6. The van der Waals surface area contributed by atoms with E-state index in [-0.39, 0.29) is 23.6 Å². The van der Waals surface area contributed by atoms with E-state index in [4.69, 9.17) is 4.74 Å². The second-order valence-corrected chi connectivity index (χ2v) is 5.01. The highest BCUT2D eigenvalue weighted by molar-refractivity contribution is 5.92. The number of piperazine rings is 1. The van der Waals surface area contributed by atoms with Gasteiger partial charge in [0.25, 0.3) is 5.91 Å². The summed E-state index contributed by atoms with van der Waals surface area (Å²) in [6, 6.07) is -0.0566. The van der Waals surface area contributed by atoms with Crippen LogP contribution in [-0.2, 0) is 4.79 Å². The number of nitrogens with zero attached hydrogens (tertiary/aromatic N) is 4. The highest BCUT2D eigenvalue weighted by Gasteiger charge is 2.29. The lowest BCUT2D eigenvalue weighted by Crippen LogP contribution is -2.55. The molecule has 1 saturated heterocycles. The van der Waals surface area contributed by atoms with Gasteiger partial charge in [-0.3, -0.25) is 9.59 Å². The molecule has 118 valence electrons. The van der Waals surface area contributed by atoms with Gasteiger partial charge in [-0.2, -0.15) is 0 Å². The maximum Gasteiger partial charge on any atom is 0.274 e. The van der Waals surface area contributed by atoms with E-state index < -0.39 is 0 Å². The Kier molecular flexibility index (Phi) is 5.08. The summed E-state index contributed by atoms with van der Waals surface area (Å²) < 4.78 is 5.20. The van der Waals surface area contributed by atoms with Crippen LogP contribution in [0.25, 0.3) is 0 Å². The summed E-state index contributed by atoms with van der Waals surface area (Å²) in [5.41, 5.74) is 0.277. The van der Waals surface area contributed by atoms with Crippen molar-refractivity contribution >= 4 is 11.8 Å². The average molecular weight is 304 g/mol. The second-order valence-electron chi connectivity index (χ2n) is 5.01. The number of carbonyl (C=O) groups is 2. The van der Waals surface area contributed by atoms with Gasteiger partial charge in [-0.15, -0.1) is 0 Å². The van der Waals surface area contributed by atoms with Crippen LogP contribution in [0.3, 0.4) is 0 Å². The molecule has 0 saturated carbocycles. The predicted molar refractivity (Wildman–Crippen MR) is 80.5 cm³/mol. The quantitative estimate of drug-likeness (QED) is 0.767. The molecule has 1 aromatic rings. The molecule has 2 amide bonds. The molecular weight excluding hydrogens is 284 g/mol. The normalized spacial score (nSPS) is 18.0. The van der Waals surface area contributed by atoms with E-state index in [1.807, 2.05) is 13.8 Å². The molecule has 0 aromatic carbocycles. The molecule has 0 radical (unpaired) electrons. The molecule has 0 bridgehead atoms. The third-order valence-electron chi connectivity index (χ3n) is 3.51. The molecule has 0 N–H and O–H groups in total. The van der Waals surface area contributed by atoms with E-state index in [0.717, 1.165) is 0 Å². The Balaban J connectivity index is 2.02. The van der Waals surface area contributed by atoms with Crippen molar-refractivity contribution in [2.24, 2.45) is 0 Å². The minimum Gasteiger partial charge on any atom is -0.477 e. The number of aromatic nitrogens is 2. The van der Waals surface area contributed by atoms with Gasteiger partial charge in [0, 0.05) is 25.7 Å². The summed E-state index contributed by atoms with van der Waals surface area (Å²) in [7, 11) is 0. The number of carbonyl (C=O) groups excluding carboxylic acids is 2. The number of hydrogen-bond donors (Lipinski definition) is 0. The Labute approximate surface area is 129 Å². The van der Waals surface area contributed by atoms with Crippen LogP contribution >= 0.6 is 0 Å². The highest BCUT2D eigenvalue weighted by Crippen LogP contribution is 2.13. The Morgan fingerprint density at radius 2 is 2.18 bits per heavy atom. The SMILES string of the molecule is C=CC(=O)N1CCN(C(=O)c2cnc(OCC)cn2)C[C@H]1C. The minimum absolute atomic E-state index is 0.0566. The minimum atomic E-state index is -0.187. The molecule has 2 heterocycles. The topological polar surface area (TPSA) is 75.6 Å². The molecule has 1 atom stereocenters. The van der Waals surface area contributed by atoms with Crippen LogP contribution < -0.4 is 4.74 Å². The van der Waals surface area contributed by atoms with Crippen molar-refractivity contribution in [2.75, 3.05) is 26.2 Å². The molecule has 0 spiro atoms. The summed E-state index contributed by atoms with van der Waals surface area (Å²) in [6.07, 6.45) is 4.16. The van der Waals surface area contributed by atoms with Crippen molar-refractivity contribution in [1.29, 1.82) is 0 Å². The monoisotopic (exact) mass is 304 g/mol. The third kappa shape index (κ3) is 3.41. The van der Waals surface area contributed by atoms with Crippen molar-refractivity contribution in [1.82, 2.24) is 19.8 Å². The van der Waals surface area contributed by atoms with Crippen LogP contribution in [0.15, 0.2) is 25.0 Å². The summed E-state index contributed by atoms with van der Waals surface area (Å²) >= 11 is 0. The fraction of sp³-hybridized carbons (Fsp3) is 0.467. The number of rotatable bonds is 4. The summed E-state index contributed by atoms with van der Waals surface area (Å²) in [6.45, 7) is 9.18. The summed E-state index contributed by atoms with van der Waals surface area (Å²) in [4.78, 5) is 35.6. The van der Waals surface area contributed by atoms with E-state index >= 15 is 0 Å². The van der Waals surface area contributed by atoms with E-state index in [2.05, 4.69) is 16.5 Å². The molecule has 7 nitrogen and oxygen atoms in total. The van der Waals surface area contributed by atoms with Gasteiger partial charge in [-0.1, -0.05) is 6.58 Å². The zero-order valence-electron chi connectivity index (χ0n) is 12.9. The van der Waals surface area contributed by atoms with Crippen LogP contribution in [0.1, 0.15) is 24.3 Å².